The summed E-state index contributed by atoms with van der Waals surface area (Å²) in [6, 6.07) is 8.77. The van der Waals surface area contributed by atoms with Gasteiger partial charge in [-0.2, -0.15) is 0 Å². The van der Waals surface area contributed by atoms with Crippen molar-refractivity contribution in [3.63, 3.8) is 0 Å². The molecular weight excluding hydrogens is 456 g/mol. The van der Waals surface area contributed by atoms with E-state index in [1.807, 2.05) is 0 Å². The number of benzene rings is 2. The van der Waals surface area contributed by atoms with Gasteiger partial charge in [-0.05, 0) is 77.2 Å². The normalized spacial score (nSPS) is 12.0. The topological polar surface area (TPSA) is 46.5 Å². The molecule has 0 atom stereocenters. The van der Waals surface area contributed by atoms with E-state index in [4.69, 9.17) is 4.74 Å². The van der Waals surface area contributed by atoms with E-state index in [1.165, 1.54) is 17.2 Å². The van der Waals surface area contributed by atoms with Gasteiger partial charge >= 0.3 is 5.97 Å². The Hall–Kier alpha value is -2.55. The molecule has 1 N–H and O–H groups in total. The largest absolute Gasteiger partial charge is 0.507 e. The van der Waals surface area contributed by atoms with Gasteiger partial charge in [0.05, 0.1) is 0 Å². The summed E-state index contributed by atoms with van der Waals surface area (Å²) >= 11 is 0. The van der Waals surface area contributed by atoms with Crippen LogP contribution in [0.15, 0.2) is 36.9 Å². The molecule has 0 unspecified atom stereocenters. The van der Waals surface area contributed by atoms with Crippen LogP contribution in [0.1, 0.15) is 127 Å². The number of carbonyl (C=O) groups is 1. The molecule has 3 heteroatoms. The molecule has 0 fully saturated rings. The van der Waals surface area contributed by atoms with Gasteiger partial charge in [0.25, 0.3) is 0 Å². The third-order valence-electron chi connectivity index (χ3n) is 8.19. The highest BCUT2D eigenvalue weighted by Crippen LogP contribution is 2.39. The summed E-state index contributed by atoms with van der Waals surface area (Å²) in [7, 11) is 0. The molecule has 0 amide bonds. The maximum absolute atomic E-state index is 12.4. The Morgan fingerprint density at radius 2 is 1.27 bits per heavy atom. The van der Waals surface area contributed by atoms with Crippen LogP contribution in [-0.4, -0.2) is 11.1 Å². The maximum atomic E-state index is 12.4. The standard InChI is InChI=1S/C34H50O3/c1-10-15-17-24-20-28(33(6,7)13-4)22-26(31(24)36)19-27-23-29(34(8,9)14-5)21-25(18-16-11-2)32(27)37-30(35)12-3/h12,20-23,36H,3,10-11,13-19H2,1-2,4-9H3. The van der Waals surface area contributed by atoms with Crippen LogP contribution in [0.25, 0.3) is 0 Å². The Morgan fingerprint density at radius 1 is 0.811 bits per heavy atom. The van der Waals surface area contributed by atoms with E-state index < -0.39 is 5.97 Å². The van der Waals surface area contributed by atoms with Gasteiger partial charge in [0.1, 0.15) is 11.5 Å². The van der Waals surface area contributed by atoms with Gasteiger partial charge in [-0.15, -0.1) is 0 Å². The lowest BCUT2D eigenvalue weighted by molar-refractivity contribution is -0.129. The molecule has 2 aromatic rings. The zero-order chi connectivity index (χ0) is 27.8. The molecule has 0 aliphatic rings. The zero-order valence-corrected chi connectivity index (χ0v) is 24.7. The SMILES string of the molecule is C=CC(=O)Oc1c(CCCC)cc(C(C)(C)CC)cc1Cc1cc(C(C)(C)CC)cc(CCCC)c1O. The minimum atomic E-state index is -0.449. The molecule has 0 bridgehead atoms. The van der Waals surface area contributed by atoms with Crippen LogP contribution >= 0.6 is 0 Å². The van der Waals surface area contributed by atoms with Crippen LogP contribution in [0.5, 0.6) is 11.5 Å². The first kappa shape index (κ1) is 30.7. The molecule has 0 saturated heterocycles. The Morgan fingerprint density at radius 3 is 1.76 bits per heavy atom. The molecule has 2 rings (SSSR count). The van der Waals surface area contributed by atoms with Crippen molar-refractivity contribution in [2.45, 2.75) is 124 Å². The Bertz CT molecular complexity index is 1070. The van der Waals surface area contributed by atoms with Crippen molar-refractivity contribution in [3.05, 3.63) is 70.3 Å². The third kappa shape index (κ3) is 7.72. The molecule has 37 heavy (non-hydrogen) atoms. The number of phenolic OH excluding ortho intramolecular Hbond substituents is 1. The highest BCUT2D eigenvalue weighted by atomic mass is 16.5. The maximum Gasteiger partial charge on any atom is 0.335 e. The second-order valence-electron chi connectivity index (χ2n) is 11.8. The molecule has 0 spiro atoms. The zero-order valence-electron chi connectivity index (χ0n) is 24.7. The van der Waals surface area contributed by atoms with E-state index in [9.17, 15) is 9.90 Å². The predicted octanol–water partition coefficient (Wildman–Crippen LogP) is 9.13. The van der Waals surface area contributed by atoms with E-state index >= 15 is 0 Å². The molecule has 0 saturated carbocycles. The van der Waals surface area contributed by atoms with Crippen LogP contribution in [-0.2, 0) is 34.9 Å². The van der Waals surface area contributed by atoms with E-state index in [0.29, 0.717) is 17.9 Å². The molecular formula is C34H50O3. The molecule has 0 heterocycles. The summed E-state index contributed by atoms with van der Waals surface area (Å²) < 4.78 is 5.91. The fraction of sp³-hybridized carbons (Fsp3) is 0.559. The van der Waals surface area contributed by atoms with Crippen LogP contribution in [0, 0.1) is 0 Å². The fourth-order valence-electron chi connectivity index (χ4n) is 4.56. The third-order valence-corrected chi connectivity index (χ3v) is 8.19. The van der Waals surface area contributed by atoms with Gasteiger partial charge in [-0.3, -0.25) is 0 Å². The van der Waals surface area contributed by atoms with Crippen molar-refractivity contribution < 1.29 is 14.6 Å². The monoisotopic (exact) mass is 506 g/mol. The molecule has 0 aromatic heterocycles. The number of rotatable bonds is 14. The number of unbranched alkanes of at least 4 members (excludes halogenated alkanes) is 2. The van der Waals surface area contributed by atoms with E-state index in [2.05, 4.69) is 86.2 Å². The van der Waals surface area contributed by atoms with Crippen molar-refractivity contribution in [1.29, 1.82) is 0 Å². The van der Waals surface area contributed by atoms with Gasteiger partial charge in [-0.25, -0.2) is 4.79 Å². The number of aryl methyl sites for hydroxylation is 2. The minimum Gasteiger partial charge on any atom is -0.507 e. The summed E-state index contributed by atoms with van der Waals surface area (Å²) in [5, 5.41) is 11.4. The Kier molecular flexibility index (Phi) is 11.0. The highest BCUT2D eigenvalue weighted by Gasteiger charge is 2.26. The van der Waals surface area contributed by atoms with Crippen molar-refractivity contribution in [2.75, 3.05) is 0 Å². The molecule has 3 nitrogen and oxygen atoms in total. The van der Waals surface area contributed by atoms with Crippen molar-refractivity contribution >= 4 is 5.97 Å². The summed E-state index contributed by atoms with van der Waals surface area (Å²) in [6.45, 7) is 21.4. The Labute approximate surface area is 226 Å². The number of hydrogen-bond donors (Lipinski definition) is 1. The lowest BCUT2D eigenvalue weighted by Gasteiger charge is -2.28. The first-order chi connectivity index (χ1) is 17.4. The summed E-state index contributed by atoms with van der Waals surface area (Å²) in [5.74, 6) is 0.555. The number of carbonyl (C=O) groups excluding carboxylic acids is 1. The van der Waals surface area contributed by atoms with Crippen molar-refractivity contribution in [3.8, 4) is 11.5 Å². The first-order valence-electron chi connectivity index (χ1n) is 14.3. The predicted molar refractivity (Wildman–Crippen MR) is 157 cm³/mol. The number of phenols is 1. The minimum absolute atomic E-state index is 0.000112. The van der Waals surface area contributed by atoms with Crippen molar-refractivity contribution in [1.82, 2.24) is 0 Å². The average molecular weight is 507 g/mol. The number of esters is 1. The quantitative estimate of drug-likeness (QED) is 0.158. The summed E-state index contributed by atoms with van der Waals surface area (Å²) in [4.78, 5) is 12.4. The summed E-state index contributed by atoms with van der Waals surface area (Å²) in [5.41, 5.74) is 6.38. The van der Waals surface area contributed by atoms with Crippen molar-refractivity contribution in [2.24, 2.45) is 0 Å². The average Bonchev–Trinajstić information content (AvgIpc) is 2.88. The van der Waals surface area contributed by atoms with Crippen LogP contribution in [0.4, 0.5) is 0 Å². The lowest BCUT2D eigenvalue weighted by Crippen LogP contribution is -2.18. The van der Waals surface area contributed by atoms with Gasteiger partial charge in [-0.1, -0.05) is 99.1 Å². The second-order valence-corrected chi connectivity index (χ2v) is 11.8. The number of hydrogen-bond acceptors (Lipinski definition) is 3. The second kappa shape index (κ2) is 13.3. The first-order valence-corrected chi connectivity index (χ1v) is 14.3. The van der Waals surface area contributed by atoms with Gasteiger partial charge in [0, 0.05) is 18.1 Å². The molecule has 0 aliphatic carbocycles. The van der Waals surface area contributed by atoms with Crippen LogP contribution in [0.2, 0.25) is 0 Å². The highest BCUT2D eigenvalue weighted by molar-refractivity contribution is 5.84. The van der Waals surface area contributed by atoms with Gasteiger partial charge in [0.15, 0.2) is 0 Å². The fourth-order valence-corrected chi connectivity index (χ4v) is 4.56. The molecule has 204 valence electrons. The molecule has 0 aliphatic heterocycles. The van der Waals surface area contributed by atoms with Gasteiger partial charge in [0.2, 0.25) is 0 Å². The van der Waals surface area contributed by atoms with E-state index in [1.54, 1.807) is 0 Å². The summed E-state index contributed by atoms with van der Waals surface area (Å²) in [6.07, 6.45) is 9.61. The van der Waals surface area contributed by atoms with E-state index in [-0.39, 0.29) is 10.8 Å². The smallest absolute Gasteiger partial charge is 0.335 e. The lowest BCUT2D eigenvalue weighted by atomic mass is 9.78. The van der Waals surface area contributed by atoms with Crippen LogP contribution in [0.3, 0.4) is 0 Å². The number of aromatic hydroxyl groups is 1. The molecule has 2 aromatic carbocycles. The molecule has 0 radical (unpaired) electrons. The van der Waals surface area contributed by atoms with Crippen LogP contribution < -0.4 is 4.74 Å². The number of ether oxygens (including phenoxy) is 1. The van der Waals surface area contributed by atoms with Gasteiger partial charge < -0.3 is 9.84 Å². The Balaban J connectivity index is 2.80. The van der Waals surface area contributed by atoms with E-state index in [0.717, 1.165) is 73.6 Å².